The maximum atomic E-state index is 10.5. The number of H-pyrrole nitrogens is 1. The van der Waals surface area contributed by atoms with E-state index < -0.39 is 0 Å². The van der Waals surface area contributed by atoms with Crippen molar-refractivity contribution < 1.29 is 0 Å². The fraction of sp³-hybridized carbons (Fsp3) is 0.600. The molecule has 1 aromatic heterocycles. The molecule has 0 saturated carbocycles. The van der Waals surface area contributed by atoms with Gasteiger partial charge in [0, 0.05) is 6.54 Å². The molecule has 0 aliphatic rings. The number of hydrogen-bond donors (Lipinski definition) is 1. The average molecular weight is 127 g/mol. The van der Waals surface area contributed by atoms with Gasteiger partial charge in [-0.15, -0.1) is 0 Å². The van der Waals surface area contributed by atoms with Crippen molar-refractivity contribution in [2.45, 2.75) is 20.4 Å². The summed E-state index contributed by atoms with van der Waals surface area (Å²) in [5.41, 5.74) is -0.269. The highest BCUT2D eigenvalue weighted by Crippen LogP contribution is 1.83. The summed E-state index contributed by atoms with van der Waals surface area (Å²) in [6, 6.07) is 0. The molecule has 0 aromatic carbocycles. The lowest BCUT2D eigenvalue weighted by Gasteiger charge is -1.94. The lowest BCUT2D eigenvalue weighted by atomic mass is 10.6. The minimum Gasteiger partial charge on any atom is -0.271 e. The van der Waals surface area contributed by atoms with Crippen LogP contribution in [-0.2, 0) is 6.54 Å². The summed E-state index contributed by atoms with van der Waals surface area (Å²) < 4.78 is 1.70. The molecule has 1 rings (SSSR count). The van der Waals surface area contributed by atoms with E-state index in [0.717, 1.165) is 12.4 Å². The molecular formula is C5H9N3O. The van der Waals surface area contributed by atoms with Crippen LogP contribution < -0.4 is 5.69 Å². The highest BCUT2D eigenvalue weighted by Gasteiger charge is 1.94. The highest BCUT2D eigenvalue weighted by molar-refractivity contribution is 4.77. The molecule has 0 saturated heterocycles. The van der Waals surface area contributed by atoms with Crippen LogP contribution in [-0.4, -0.2) is 14.8 Å². The number of aromatic amines is 1. The van der Waals surface area contributed by atoms with Crippen molar-refractivity contribution in [1.82, 2.24) is 14.8 Å². The summed E-state index contributed by atoms with van der Waals surface area (Å²) in [4.78, 5) is 14.1. The van der Waals surface area contributed by atoms with Gasteiger partial charge in [0.15, 0.2) is 0 Å². The van der Waals surface area contributed by atoms with Crippen LogP contribution in [0.4, 0.5) is 0 Å². The van der Waals surface area contributed by atoms with Crippen molar-refractivity contribution in [3.05, 3.63) is 16.3 Å². The zero-order valence-corrected chi connectivity index (χ0v) is 5.51. The molecule has 0 unspecified atom stereocenters. The van der Waals surface area contributed by atoms with Gasteiger partial charge in [-0.3, -0.25) is 4.68 Å². The van der Waals surface area contributed by atoms with Gasteiger partial charge in [-0.25, -0.2) is 9.89 Å². The van der Waals surface area contributed by atoms with Gasteiger partial charge in [0.25, 0.3) is 0 Å². The Morgan fingerprint density at radius 1 is 1.78 bits per heavy atom. The lowest BCUT2D eigenvalue weighted by Crippen LogP contribution is -2.05. The van der Waals surface area contributed by atoms with Crippen LogP contribution in [0.3, 0.4) is 0 Å². The third kappa shape index (κ3) is 1.01. The van der Waals surface area contributed by atoms with Crippen LogP contribution in [0.15, 0.2) is 4.79 Å². The molecule has 1 heterocycles. The summed E-state index contributed by atoms with van der Waals surface area (Å²) in [6.45, 7) is 4.51. The first kappa shape index (κ1) is 6.07. The number of nitrogens with zero attached hydrogens (tertiary/aromatic N) is 2. The summed E-state index contributed by atoms with van der Waals surface area (Å²) >= 11 is 0. The lowest BCUT2D eigenvalue weighted by molar-refractivity contribution is 0.631. The fourth-order valence-corrected chi connectivity index (χ4v) is 0.737. The first-order valence-corrected chi connectivity index (χ1v) is 2.87. The summed E-state index contributed by atoms with van der Waals surface area (Å²) in [6.07, 6.45) is 0. The molecule has 0 aliphatic heterocycles. The first-order chi connectivity index (χ1) is 4.24. The number of nitrogens with one attached hydrogen (secondary N) is 1. The molecule has 0 radical (unpaired) electrons. The zero-order chi connectivity index (χ0) is 6.85. The second-order valence-electron chi connectivity index (χ2n) is 1.82. The maximum absolute atomic E-state index is 10.5. The van der Waals surface area contributed by atoms with Gasteiger partial charge < -0.3 is 0 Å². The predicted molar refractivity (Wildman–Crippen MR) is 33.3 cm³/mol. The molecule has 0 amide bonds. The Bertz CT molecular complexity index is 247. The Morgan fingerprint density at radius 3 is 2.67 bits per heavy atom. The van der Waals surface area contributed by atoms with Crippen molar-refractivity contribution in [3.8, 4) is 0 Å². The van der Waals surface area contributed by atoms with Crippen LogP contribution in [0.25, 0.3) is 0 Å². The molecule has 1 aromatic rings. The molecule has 9 heavy (non-hydrogen) atoms. The quantitative estimate of drug-likeness (QED) is 0.572. The molecule has 4 heteroatoms. The van der Waals surface area contributed by atoms with E-state index >= 15 is 0 Å². The van der Waals surface area contributed by atoms with Crippen LogP contribution in [0.2, 0.25) is 0 Å². The van der Waals surface area contributed by atoms with Crippen molar-refractivity contribution in [3.63, 3.8) is 0 Å². The Labute approximate surface area is 52.5 Å². The summed E-state index contributed by atoms with van der Waals surface area (Å²) in [5, 5.41) is 2.54. The summed E-state index contributed by atoms with van der Waals surface area (Å²) in [7, 11) is 0. The first-order valence-electron chi connectivity index (χ1n) is 2.87. The number of aryl methyl sites for hydroxylation is 2. The number of rotatable bonds is 1. The minimum absolute atomic E-state index is 0.269. The van der Waals surface area contributed by atoms with E-state index in [1.807, 2.05) is 6.92 Å². The Hall–Kier alpha value is -1.06. The molecular weight excluding hydrogens is 118 g/mol. The highest BCUT2D eigenvalue weighted by atomic mass is 16.1. The van der Waals surface area contributed by atoms with Crippen molar-refractivity contribution in [1.29, 1.82) is 0 Å². The van der Waals surface area contributed by atoms with E-state index in [4.69, 9.17) is 0 Å². The van der Waals surface area contributed by atoms with Crippen LogP contribution in [0.5, 0.6) is 0 Å². The van der Waals surface area contributed by atoms with Crippen molar-refractivity contribution in [2.75, 3.05) is 0 Å². The molecule has 0 bridgehead atoms. The molecule has 0 aliphatic carbocycles. The Morgan fingerprint density at radius 2 is 2.44 bits per heavy atom. The predicted octanol–water partition coefficient (Wildman–Crippen LogP) is -0.100. The van der Waals surface area contributed by atoms with Crippen molar-refractivity contribution in [2.24, 2.45) is 0 Å². The molecule has 4 nitrogen and oxygen atoms in total. The third-order valence-electron chi connectivity index (χ3n) is 1.20. The minimum atomic E-state index is -0.269. The average Bonchev–Trinajstić information content (AvgIpc) is 2.10. The topological polar surface area (TPSA) is 50.7 Å². The number of hydrogen-bond acceptors (Lipinski definition) is 2. The van der Waals surface area contributed by atoms with E-state index in [2.05, 4.69) is 10.1 Å². The van der Waals surface area contributed by atoms with Crippen LogP contribution in [0.1, 0.15) is 12.7 Å². The second kappa shape index (κ2) is 2.05. The SMILES string of the molecule is CCn1[nH]c(=O)nc1C. The Balaban J connectivity index is 3.16. The van der Waals surface area contributed by atoms with Crippen LogP contribution >= 0.6 is 0 Å². The van der Waals surface area contributed by atoms with Gasteiger partial charge in [-0.2, -0.15) is 4.98 Å². The maximum Gasteiger partial charge on any atom is 0.361 e. The van der Waals surface area contributed by atoms with E-state index in [1.54, 1.807) is 11.6 Å². The second-order valence-corrected chi connectivity index (χ2v) is 1.82. The molecule has 1 N–H and O–H groups in total. The fourth-order valence-electron chi connectivity index (χ4n) is 0.737. The Kier molecular flexibility index (Phi) is 1.38. The van der Waals surface area contributed by atoms with Gasteiger partial charge in [-0.1, -0.05) is 0 Å². The van der Waals surface area contributed by atoms with Gasteiger partial charge in [-0.05, 0) is 13.8 Å². The summed E-state index contributed by atoms with van der Waals surface area (Å²) in [5.74, 6) is 0.738. The monoisotopic (exact) mass is 127 g/mol. The third-order valence-corrected chi connectivity index (χ3v) is 1.20. The van der Waals surface area contributed by atoms with E-state index in [0.29, 0.717) is 0 Å². The van der Waals surface area contributed by atoms with E-state index in [-0.39, 0.29) is 5.69 Å². The van der Waals surface area contributed by atoms with Gasteiger partial charge in [0.05, 0.1) is 0 Å². The molecule has 0 fully saturated rings. The largest absolute Gasteiger partial charge is 0.361 e. The smallest absolute Gasteiger partial charge is 0.271 e. The van der Waals surface area contributed by atoms with Crippen LogP contribution in [0, 0.1) is 6.92 Å². The normalized spacial score (nSPS) is 10.0. The van der Waals surface area contributed by atoms with Gasteiger partial charge >= 0.3 is 5.69 Å². The van der Waals surface area contributed by atoms with Gasteiger partial charge in [0.1, 0.15) is 5.82 Å². The van der Waals surface area contributed by atoms with Gasteiger partial charge in [0.2, 0.25) is 0 Å². The molecule has 0 spiro atoms. The standard InChI is InChI=1S/C5H9N3O/c1-3-8-4(2)6-5(9)7-8/h3H2,1-2H3,(H,7,9). The van der Waals surface area contributed by atoms with Crippen molar-refractivity contribution >= 4 is 0 Å². The van der Waals surface area contributed by atoms with E-state index in [1.165, 1.54) is 0 Å². The molecule has 0 atom stereocenters. The molecule has 50 valence electrons. The van der Waals surface area contributed by atoms with E-state index in [9.17, 15) is 4.79 Å². The zero-order valence-electron chi connectivity index (χ0n) is 5.51. The number of aromatic nitrogens is 3.